The van der Waals surface area contributed by atoms with Crippen molar-refractivity contribution in [2.24, 2.45) is 0 Å². The molecular weight excluding hydrogens is 138 g/mol. The van der Waals surface area contributed by atoms with Gasteiger partial charge in [0.25, 0.3) is 0 Å². The lowest BCUT2D eigenvalue weighted by Gasteiger charge is -2.07. The molecule has 0 saturated heterocycles. The fourth-order valence-electron chi connectivity index (χ4n) is 0.485. The monoisotopic (exact) mass is 151 g/mol. The number of aliphatic hydroxyl groups excluding tert-OH is 1. The Balaban J connectivity index is 0. The van der Waals surface area contributed by atoms with Crippen LogP contribution in [0.3, 0.4) is 0 Å². The zero-order valence-corrected chi connectivity index (χ0v) is 6.45. The Hall–Kier alpha value is -0.0500. The maximum Gasteiger partial charge on any atom is 0.0587 e. The Morgan fingerprint density at radius 2 is 2.33 bits per heavy atom. The van der Waals surface area contributed by atoms with E-state index in [1.54, 1.807) is 6.08 Å². The van der Waals surface area contributed by atoms with Gasteiger partial charge in [-0.25, -0.2) is 0 Å². The maximum absolute atomic E-state index is 8.55. The zero-order chi connectivity index (χ0) is 6.41. The molecule has 0 fully saturated rings. The number of hydrogen-bond donors (Lipinski definition) is 2. The molecule has 0 aromatic carbocycles. The summed E-state index contributed by atoms with van der Waals surface area (Å²) in [5, 5.41) is 11.5. The first-order chi connectivity index (χ1) is 3.85. The third-order valence-electron chi connectivity index (χ3n) is 1.08. The van der Waals surface area contributed by atoms with E-state index < -0.39 is 0 Å². The average Bonchev–Trinajstić information content (AvgIpc) is 1.83. The maximum atomic E-state index is 8.55. The van der Waals surface area contributed by atoms with E-state index in [-0.39, 0.29) is 25.1 Å². The third kappa shape index (κ3) is 5.83. The molecule has 0 bridgehead atoms. The number of hydrogen-bond acceptors (Lipinski definition) is 2. The van der Waals surface area contributed by atoms with Gasteiger partial charge in [0.1, 0.15) is 0 Å². The number of halogens is 1. The van der Waals surface area contributed by atoms with Crippen molar-refractivity contribution >= 4 is 12.4 Å². The van der Waals surface area contributed by atoms with E-state index in [0.717, 1.165) is 6.42 Å². The van der Waals surface area contributed by atoms with E-state index in [4.69, 9.17) is 5.11 Å². The van der Waals surface area contributed by atoms with Crippen molar-refractivity contribution in [1.82, 2.24) is 5.32 Å². The summed E-state index contributed by atoms with van der Waals surface area (Å²) in [5.74, 6) is 0. The lowest BCUT2D eigenvalue weighted by atomic mass is 10.2. The van der Waals surface area contributed by atoms with Gasteiger partial charge in [0.2, 0.25) is 0 Å². The molecular formula is C6H14ClNO. The molecule has 0 aromatic rings. The van der Waals surface area contributed by atoms with Crippen molar-refractivity contribution in [1.29, 1.82) is 0 Å². The molecule has 56 valence electrons. The van der Waals surface area contributed by atoms with Crippen molar-refractivity contribution in [3.63, 3.8) is 0 Å². The molecule has 0 aromatic heterocycles. The minimum absolute atomic E-state index is 0. The van der Waals surface area contributed by atoms with Crippen LogP contribution < -0.4 is 5.32 Å². The van der Waals surface area contributed by atoms with Gasteiger partial charge in [0, 0.05) is 6.04 Å². The highest BCUT2D eigenvalue weighted by Gasteiger charge is 1.97. The van der Waals surface area contributed by atoms with Crippen molar-refractivity contribution in [3.05, 3.63) is 12.7 Å². The van der Waals surface area contributed by atoms with Gasteiger partial charge in [-0.1, -0.05) is 6.08 Å². The van der Waals surface area contributed by atoms with Crippen LogP contribution in [-0.4, -0.2) is 24.8 Å². The second-order valence-electron chi connectivity index (χ2n) is 1.69. The van der Waals surface area contributed by atoms with Crippen molar-refractivity contribution in [3.8, 4) is 0 Å². The fourth-order valence-corrected chi connectivity index (χ4v) is 0.485. The van der Waals surface area contributed by atoms with Crippen LogP contribution in [-0.2, 0) is 0 Å². The summed E-state index contributed by atoms with van der Waals surface area (Å²) in [5.41, 5.74) is 0. The molecule has 0 aliphatic heterocycles. The SMILES string of the molecule is C=CCC(CO)NC.Cl. The molecule has 0 aliphatic rings. The highest BCUT2D eigenvalue weighted by atomic mass is 35.5. The summed E-state index contributed by atoms with van der Waals surface area (Å²) in [6.07, 6.45) is 2.62. The molecule has 1 unspecified atom stereocenters. The Kier molecular flexibility index (Phi) is 10.3. The summed E-state index contributed by atoms with van der Waals surface area (Å²) >= 11 is 0. The number of aliphatic hydroxyl groups is 1. The van der Waals surface area contributed by atoms with Gasteiger partial charge >= 0.3 is 0 Å². The van der Waals surface area contributed by atoms with Gasteiger partial charge in [-0.2, -0.15) is 0 Å². The van der Waals surface area contributed by atoms with Gasteiger partial charge in [-0.3, -0.25) is 0 Å². The molecule has 0 spiro atoms. The van der Waals surface area contributed by atoms with Crippen LogP contribution in [0.25, 0.3) is 0 Å². The van der Waals surface area contributed by atoms with E-state index in [1.807, 2.05) is 7.05 Å². The smallest absolute Gasteiger partial charge is 0.0587 e. The summed E-state index contributed by atoms with van der Waals surface area (Å²) in [6, 6.07) is 0.187. The van der Waals surface area contributed by atoms with Gasteiger partial charge in [-0.15, -0.1) is 19.0 Å². The molecule has 3 heteroatoms. The standard InChI is InChI=1S/C6H13NO.ClH/c1-3-4-6(5-8)7-2;/h3,6-8H,1,4-5H2,2H3;1H. The quantitative estimate of drug-likeness (QED) is 0.576. The molecule has 2 N–H and O–H groups in total. The van der Waals surface area contributed by atoms with Crippen molar-refractivity contribution in [2.45, 2.75) is 12.5 Å². The van der Waals surface area contributed by atoms with Gasteiger partial charge in [0.05, 0.1) is 6.61 Å². The molecule has 0 radical (unpaired) electrons. The van der Waals surface area contributed by atoms with Crippen LogP contribution >= 0.6 is 12.4 Å². The first kappa shape index (κ1) is 11.7. The Bertz CT molecular complexity index is 64.1. The first-order valence-corrected chi connectivity index (χ1v) is 2.74. The highest BCUT2D eigenvalue weighted by Crippen LogP contribution is 1.87. The van der Waals surface area contributed by atoms with Crippen LogP contribution in [0.1, 0.15) is 6.42 Å². The predicted octanol–water partition coefficient (Wildman–Crippen LogP) is 0.565. The van der Waals surface area contributed by atoms with Gasteiger partial charge in [-0.05, 0) is 13.5 Å². The summed E-state index contributed by atoms with van der Waals surface area (Å²) < 4.78 is 0. The molecule has 9 heavy (non-hydrogen) atoms. The Labute approximate surface area is 62.4 Å². The van der Waals surface area contributed by atoms with Crippen LogP contribution in [0.5, 0.6) is 0 Å². The first-order valence-electron chi connectivity index (χ1n) is 2.74. The Morgan fingerprint density at radius 3 is 2.44 bits per heavy atom. The number of likely N-dealkylation sites (N-methyl/N-ethyl adjacent to an activating group) is 1. The van der Waals surface area contributed by atoms with E-state index in [1.165, 1.54) is 0 Å². The summed E-state index contributed by atoms with van der Waals surface area (Å²) in [6.45, 7) is 3.73. The van der Waals surface area contributed by atoms with Crippen LogP contribution in [0.2, 0.25) is 0 Å². The third-order valence-corrected chi connectivity index (χ3v) is 1.08. The summed E-state index contributed by atoms with van der Waals surface area (Å²) in [7, 11) is 1.82. The molecule has 0 amide bonds. The normalized spacial score (nSPS) is 11.8. The average molecular weight is 152 g/mol. The molecule has 0 heterocycles. The largest absolute Gasteiger partial charge is 0.395 e. The number of nitrogens with one attached hydrogen (secondary N) is 1. The lowest BCUT2D eigenvalue weighted by Crippen LogP contribution is -2.27. The summed E-state index contributed by atoms with van der Waals surface area (Å²) in [4.78, 5) is 0. The van der Waals surface area contributed by atoms with Crippen LogP contribution in [0, 0.1) is 0 Å². The van der Waals surface area contributed by atoms with Crippen molar-refractivity contribution < 1.29 is 5.11 Å². The molecule has 0 aliphatic carbocycles. The molecule has 0 saturated carbocycles. The minimum Gasteiger partial charge on any atom is -0.395 e. The second-order valence-corrected chi connectivity index (χ2v) is 1.69. The van der Waals surface area contributed by atoms with E-state index in [9.17, 15) is 0 Å². The topological polar surface area (TPSA) is 32.3 Å². The highest BCUT2D eigenvalue weighted by molar-refractivity contribution is 5.85. The van der Waals surface area contributed by atoms with Gasteiger partial charge in [0.15, 0.2) is 0 Å². The molecule has 2 nitrogen and oxygen atoms in total. The van der Waals surface area contributed by atoms with Crippen molar-refractivity contribution in [2.75, 3.05) is 13.7 Å². The van der Waals surface area contributed by atoms with E-state index >= 15 is 0 Å². The molecule has 0 rings (SSSR count). The lowest BCUT2D eigenvalue weighted by molar-refractivity contribution is 0.250. The fraction of sp³-hybridized carbons (Fsp3) is 0.667. The van der Waals surface area contributed by atoms with Crippen LogP contribution in [0.15, 0.2) is 12.7 Å². The number of rotatable bonds is 4. The van der Waals surface area contributed by atoms with Crippen LogP contribution in [0.4, 0.5) is 0 Å². The predicted molar refractivity (Wildman–Crippen MR) is 42.0 cm³/mol. The van der Waals surface area contributed by atoms with Gasteiger partial charge < -0.3 is 10.4 Å². The Morgan fingerprint density at radius 1 is 1.78 bits per heavy atom. The van der Waals surface area contributed by atoms with E-state index in [0.29, 0.717) is 0 Å². The molecule has 1 atom stereocenters. The van der Waals surface area contributed by atoms with E-state index in [2.05, 4.69) is 11.9 Å². The minimum atomic E-state index is 0. The second kappa shape index (κ2) is 7.95. The zero-order valence-electron chi connectivity index (χ0n) is 5.63.